The Bertz CT molecular complexity index is 705. The molecule has 0 aromatic heterocycles. The van der Waals surface area contributed by atoms with E-state index >= 15 is 0 Å². The minimum absolute atomic E-state index is 0.0717. The summed E-state index contributed by atoms with van der Waals surface area (Å²) >= 11 is 0. The van der Waals surface area contributed by atoms with Crippen LogP contribution in [0.1, 0.15) is 66.7 Å². The fourth-order valence-electron chi connectivity index (χ4n) is 3.87. The zero-order valence-electron chi connectivity index (χ0n) is 19.6. The highest BCUT2D eigenvalue weighted by Crippen LogP contribution is 2.38. The second-order valence-electron chi connectivity index (χ2n) is 9.67. The molecule has 2 aliphatic rings. The molecular formula is C22H38N2O5Si. The first-order chi connectivity index (χ1) is 14.0. The Balaban J connectivity index is 2.58. The number of carbonyl (C=O) groups excluding carboxylic acids is 3. The Hall–Kier alpha value is -1.83. The zero-order chi connectivity index (χ0) is 22.7. The molecule has 1 heterocycles. The molecule has 0 spiro atoms. The van der Waals surface area contributed by atoms with Crippen molar-refractivity contribution in [3.63, 3.8) is 0 Å². The van der Waals surface area contributed by atoms with Crippen LogP contribution in [-0.4, -0.2) is 56.3 Å². The van der Waals surface area contributed by atoms with E-state index in [2.05, 4.69) is 38.8 Å². The van der Waals surface area contributed by atoms with Crippen molar-refractivity contribution in [2.45, 2.75) is 96.9 Å². The molecule has 0 radical (unpaired) electrons. The molecule has 0 saturated heterocycles. The van der Waals surface area contributed by atoms with E-state index < -0.39 is 26.2 Å². The highest BCUT2D eigenvalue weighted by Gasteiger charge is 2.52. The maximum Gasteiger partial charge on any atom is 0.339 e. The van der Waals surface area contributed by atoms with Gasteiger partial charge in [-0.1, -0.05) is 53.1 Å². The molecule has 8 heteroatoms. The van der Waals surface area contributed by atoms with E-state index in [1.54, 1.807) is 18.7 Å². The molecule has 1 aliphatic carbocycles. The molecule has 1 aliphatic heterocycles. The number of nitrogens with one attached hydrogen (secondary N) is 1. The van der Waals surface area contributed by atoms with Gasteiger partial charge in [-0.15, -0.1) is 0 Å². The molecule has 0 bridgehead atoms. The topological polar surface area (TPSA) is 84.9 Å². The van der Waals surface area contributed by atoms with Crippen molar-refractivity contribution < 1.29 is 23.9 Å². The van der Waals surface area contributed by atoms with Gasteiger partial charge < -0.3 is 19.4 Å². The van der Waals surface area contributed by atoms with Crippen molar-refractivity contribution in [2.24, 2.45) is 0 Å². The molecule has 1 unspecified atom stereocenters. The summed E-state index contributed by atoms with van der Waals surface area (Å²) in [7, 11) is -2.20. The summed E-state index contributed by atoms with van der Waals surface area (Å²) in [4.78, 5) is 44.7. The Morgan fingerprint density at radius 3 is 2.13 bits per heavy atom. The molecule has 1 atom stereocenters. The normalized spacial score (nSPS) is 21.1. The van der Waals surface area contributed by atoms with E-state index in [4.69, 9.17) is 9.47 Å². The van der Waals surface area contributed by atoms with Gasteiger partial charge in [-0.3, -0.25) is 4.79 Å². The van der Waals surface area contributed by atoms with Gasteiger partial charge in [-0.05, 0) is 31.7 Å². The lowest BCUT2D eigenvalue weighted by molar-refractivity contribution is -0.154. The second-order valence-corrected chi connectivity index (χ2v) is 14.7. The van der Waals surface area contributed by atoms with Gasteiger partial charge in [0.25, 0.3) is 5.91 Å². The summed E-state index contributed by atoms with van der Waals surface area (Å²) in [5.41, 5.74) is 0.333. The third-order valence-corrected chi connectivity index (χ3v) is 11.2. The molecule has 7 nitrogen and oxygen atoms in total. The van der Waals surface area contributed by atoms with E-state index in [9.17, 15) is 14.4 Å². The van der Waals surface area contributed by atoms with Crippen molar-refractivity contribution >= 4 is 26.1 Å². The zero-order valence-corrected chi connectivity index (χ0v) is 20.6. The van der Waals surface area contributed by atoms with Gasteiger partial charge in [0.05, 0.1) is 18.8 Å². The second kappa shape index (κ2) is 9.54. The first-order valence-electron chi connectivity index (χ1n) is 11.1. The Morgan fingerprint density at radius 1 is 1.07 bits per heavy atom. The number of nitrogens with zero attached hydrogens (tertiary/aromatic N) is 1. The molecule has 2 rings (SSSR count). The van der Waals surface area contributed by atoms with Gasteiger partial charge in [0, 0.05) is 6.04 Å². The van der Waals surface area contributed by atoms with Gasteiger partial charge in [-0.25, -0.2) is 9.59 Å². The van der Waals surface area contributed by atoms with E-state index in [-0.39, 0.29) is 41.5 Å². The summed E-state index contributed by atoms with van der Waals surface area (Å²) in [5.74, 6) is -1.47. The van der Waals surface area contributed by atoms with Gasteiger partial charge >= 0.3 is 11.9 Å². The van der Waals surface area contributed by atoms with E-state index in [0.717, 1.165) is 32.1 Å². The van der Waals surface area contributed by atoms with Crippen LogP contribution in [0.15, 0.2) is 11.3 Å². The highest BCUT2D eigenvalue weighted by atomic mass is 28.3. The first-order valence-corrected chi connectivity index (χ1v) is 14.1. The summed E-state index contributed by atoms with van der Waals surface area (Å²) in [5, 5.41) is -0.0717. The Labute approximate surface area is 181 Å². The molecule has 1 saturated carbocycles. The van der Waals surface area contributed by atoms with Crippen molar-refractivity contribution in [1.29, 1.82) is 0 Å². The van der Waals surface area contributed by atoms with Crippen LogP contribution in [-0.2, 0) is 23.9 Å². The average molecular weight is 439 g/mol. The molecule has 170 valence electrons. The fraction of sp³-hybridized carbons (Fsp3) is 0.773. The van der Waals surface area contributed by atoms with Crippen molar-refractivity contribution in [3.05, 3.63) is 11.3 Å². The van der Waals surface area contributed by atoms with Gasteiger partial charge in [0.1, 0.15) is 5.70 Å². The van der Waals surface area contributed by atoms with Crippen LogP contribution in [0.25, 0.3) is 0 Å². The van der Waals surface area contributed by atoms with E-state index in [1.807, 2.05) is 0 Å². The van der Waals surface area contributed by atoms with Crippen LogP contribution in [0.5, 0.6) is 0 Å². The van der Waals surface area contributed by atoms with Crippen molar-refractivity contribution in [2.75, 3.05) is 13.2 Å². The fourth-order valence-corrected chi connectivity index (χ4v) is 5.11. The lowest BCUT2D eigenvalue weighted by Crippen LogP contribution is -2.54. The Morgan fingerprint density at radius 2 is 1.63 bits per heavy atom. The maximum atomic E-state index is 13.7. The number of ether oxygens (including phenoxy) is 2. The quantitative estimate of drug-likeness (QED) is 0.484. The predicted molar refractivity (Wildman–Crippen MR) is 118 cm³/mol. The molecular weight excluding hydrogens is 400 g/mol. The van der Waals surface area contributed by atoms with E-state index in [0.29, 0.717) is 0 Å². The van der Waals surface area contributed by atoms with E-state index in [1.165, 1.54) is 0 Å². The molecule has 1 amide bonds. The Kier molecular flexibility index (Phi) is 7.77. The van der Waals surface area contributed by atoms with Gasteiger partial charge in [0.2, 0.25) is 0 Å². The number of hydrogen-bond donors (Lipinski definition) is 1. The number of hydrogen-bond acceptors (Lipinski definition) is 6. The smallest absolute Gasteiger partial charge is 0.339 e. The first kappa shape index (κ1) is 24.4. The van der Waals surface area contributed by atoms with Crippen LogP contribution < -0.4 is 4.98 Å². The van der Waals surface area contributed by atoms with Crippen LogP contribution >= 0.6 is 0 Å². The third kappa shape index (κ3) is 4.90. The number of amides is 1. The minimum atomic E-state index is -2.20. The van der Waals surface area contributed by atoms with Crippen LogP contribution in [0.4, 0.5) is 0 Å². The van der Waals surface area contributed by atoms with Crippen LogP contribution in [0, 0.1) is 0 Å². The molecule has 1 fully saturated rings. The number of esters is 2. The lowest BCUT2D eigenvalue weighted by atomic mass is 9.93. The third-order valence-electron chi connectivity index (χ3n) is 6.56. The molecule has 0 aromatic carbocycles. The average Bonchev–Trinajstić information content (AvgIpc) is 2.94. The largest absolute Gasteiger partial charge is 0.464 e. The lowest BCUT2D eigenvalue weighted by Gasteiger charge is -2.38. The number of rotatable bonds is 7. The SMILES string of the molecule is CCOC(=O)C1=C(N[Si](C)(C)C(C)(C)C)C(=O)N(C2CCCCC2)C1C(=O)OCC. The highest BCUT2D eigenvalue weighted by molar-refractivity contribution is 6.78. The molecule has 30 heavy (non-hydrogen) atoms. The predicted octanol–water partition coefficient (Wildman–Crippen LogP) is 3.51. The molecule has 0 aromatic rings. The summed E-state index contributed by atoms with van der Waals surface area (Å²) in [6.07, 6.45) is 4.78. The molecule has 1 N–H and O–H groups in total. The summed E-state index contributed by atoms with van der Waals surface area (Å²) in [6.45, 7) is 14.4. The van der Waals surface area contributed by atoms with Gasteiger partial charge in [0.15, 0.2) is 14.3 Å². The van der Waals surface area contributed by atoms with Crippen LogP contribution in [0.2, 0.25) is 18.1 Å². The monoisotopic (exact) mass is 438 g/mol. The van der Waals surface area contributed by atoms with Gasteiger partial charge in [-0.2, -0.15) is 0 Å². The van der Waals surface area contributed by atoms with Crippen LogP contribution in [0.3, 0.4) is 0 Å². The maximum absolute atomic E-state index is 13.7. The summed E-state index contributed by atoms with van der Waals surface area (Å²) in [6, 6.07) is -1.13. The van der Waals surface area contributed by atoms with Crippen molar-refractivity contribution in [1.82, 2.24) is 9.88 Å². The standard InChI is InChI=1S/C22H38N2O5Si/c1-8-28-20(26)16-17(23-30(6,7)22(3,4)5)19(25)24(15-13-11-10-12-14-15)18(16)21(27)29-9-2/h15,18,23H,8-14H2,1-7H3. The summed E-state index contributed by atoms with van der Waals surface area (Å²) < 4.78 is 10.6. The minimum Gasteiger partial charge on any atom is -0.464 e. The number of carbonyl (C=O) groups is 3. The van der Waals surface area contributed by atoms with Crippen molar-refractivity contribution in [3.8, 4) is 0 Å².